The predicted octanol–water partition coefficient (Wildman–Crippen LogP) is 0.798. The van der Waals surface area contributed by atoms with Gasteiger partial charge in [-0.05, 0) is 12.5 Å². The van der Waals surface area contributed by atoms with Crippen LogP contribution in [0.5, 0.6) is 0 Å². The average molecular weight is 192 g/mol. The van der Waals surface area contributed by atoms with Gasteiger partial charge in [-0.2, -0.15) is 8.42 Å². The quantitative estimate of drug-likeness (QED) is 0.516. The monoisotopic (exact) mass is 192 g/mol. The summed E-state index contributed by atoms with van der Waals surface area (Å²) >= 11 is 0. The number of hydrogen-bond acceptors (Lipinski definition) is 3. The van der Waals surface area contributed by atoms with E-state index in [-0.39, 0.29) is 18.6 Å². The maximum atomic E-state index is 10.7. The SMILES string of the molecule is C=CC(=O)CC(CC)S(=O)(=O)O. The summed E-state index contributed by atoms with van der Waals surface area (Å²) in [6.07, 6.45) is 1.07. The van der Waals surface area contributed by atoms with Crippen molar-refractivity contribution in [3.8, 4) is 0 Å². The Morgan fingerprint density at radius 2 is 2.17 bits per heavy atom. The Hall–Kier alpha value is -0.680. The Morgan fingerprint density at radius 1 is 1.67 bits per heavy atom. The van der Waals surface area contributed by atoms with Gasteiger partial charge in [0.15, 0.2) is 5.78 Å². The summed E-state index contributed by atoms with van der Waals surface area (Å²) in [6.45, 7) is 4.80. The van der Waals surface area contributed by atoms with Crippen molar-refractivity contribution in [1.29, 1.82) is 0 Å². The summed E-state index contributed by atoms with van der Waals surface area (Å²) in [5, 5.41) is -0.997. The van der Waals surface area contributed by atoms with E-state index in [1.165, 1.54) is 0 Å². The lowest BCUT2D eigenvalue weighted by molar-refractivity contribution is -0.114. The molecule has 12 heavy (non-hydrogen) atoms. The molecule has 0 aromatic rings. The molecule has 0 saturated carbocycles. The van der Waals surface area contributed by atoms with Crippen LogP contribution in [0.1, 0.15) is 19.8 Å². The van der Waals surface area contributed by atoms with E-state index in [9.17, 15) is 13.2 Å². The third-order valence-corrected chi connectivity index (χ3v) is 2.88. The first-order valence-corrected chi connectivity index (χ1v) is 5.03. The molecule has 5 heteroatoms. The highest BCUT2D eigenvalue weighted by atomic mass is 32.2. The summed E-state index contributed by atoms with van der Waals surface area (Å²) in [6, 6.07) is 0. The number of carbonyl (C=O) groups excluding carboxylic acids is 1. The van der Waals surface area contributed by atoms with Crippen molar-refractivity contribution in [2.24, 2.45) is 0 Å². The van der Waals surface area contributed by atoms with Crippen LogP contribution in [0.15, 0.2) is 12.7 Å². The molecule has 0 rings (SSSR count). The minimum atomic E-state index is -4.09. The van der Waals surface area contributed by atoms with E-state index in [0.29, 0.717) is 0 Å². The standard InChI is InChI=1S/C7H12O4S/c1-3-6(8)5-7(4-2)12(9,10)11/h3,7H,1,4-5H2,2H3,(H,9,10,11). The van der Waals surface area contributed by atoms with Gasteiger partial charge < -0.3 is 0 Å². The van der Waals surface area contributed by atoms with E-state index in [2.05, 4.69) is 6.58 Å². The summed E-state index contributed by atoms with van der Waals surface area (Å²) in [7, 11) is -4.09. The highest BCUT2D eigenvalue weighted by Crippen LogP contribution is 2.09. The lowest BCUT2D eigenvalue weighted by Crippen LogP contribution is -2.22. The van der Waals surface area contributed by atoms with Crippen molar-refractivity contribution < 1.29 is 17.8 Å². The van der Waals surface area contributed by atoms with Gasteiger partial charge in [0.25, 0.3) is 10.1 Å². The Morgan fingerprint density at radius 3 is 2.42 bits per heavy atom. The molecule has 0 radical (unpaired) electrons. The molecule has 0 fully saturated rings. The maximum absolute atomic E-state index is 10.7. The van der Waals surface area contributed by atoms with Gasteiger partial charge in [0.2, 0.25) is 0 Å². The molecule has 0 aliphatic rings. The van der Waals surface area contributed by atoms with E-state index in [1.54, 1.807) is 6.92 Å². The van der Waals surface area contributed by atoms with Crippen LogP contribution in [0.2, 0.25) is 0 Å². The van der Waals surface area contributed by atoms with Crippen LogP contribution in [0, 0.1) is 0 Å². The van der Waals surface area contributed by atoms with Crippen molar-refractivity contribution in [3.63, 3.8) is 0 Å². The molecule has 0 aromatic carbocycles. The fourth-order valence-electron chi connectivity index (χ4n) is 0.768. The molecule has 0 heterocycles. The van der Waals surface area contributed by atoms with Crippen molar-refractivity contribution in [2.75, 3.05) is 0 Å². The van der Waals surface area contributed by atoms with Gasteiger partial charge in [-0.3, -0.25) is 9.35 Å². The topological polar surface area (TPSA) is 71.4 Å². The fourth-order valence-corrected chi connectivity index (χ4v) is 1.56. The summed E-state index contributed by atoms with van der Waals surface area (Å²) < 4.78 is 29.8. The van der Waals surface area contributed by atoms with Crippen LogP contribution in [0.25, 0.3) is 0 Å². The molecule has 0 bridgehead atoms. The molecule has 0 aliphatic carbocycles. The minimum Gasteiger partial charge on any atom is -0.295 e. The second kappa shape index (κ2) is 4.37. The molecule has 4 nitrogen and oxygen atoms in total. The lowest BCUT2D eigenvalue weighted by Gasteiger charge is -2.07. The number of allylic oxidation sites excluding steroid dienone is 1. The van der Waals surface area contributed by atoms with Gasteiger partial charge in [0, 0.05) is 6.42 Å². The zero-order valence-electron chi connectivity index (χ0n) is 6.86. The van der Waals surface area contributed by atoms with Crippen LogP contribution in [-0.2, 0) is 14.9 Å². The molecule has 1 N–H and O–H groups in total. The summed E-state index contributed by atoms with van der Waals surface area (Å²) in [5.74, 6) is -0.375. The zero-order chi connectivity index (χ0) is 9.78. The van der Waals surface area contributed by atoms with Crippen LogP contribution >= 0.6 is 0 Å². The van der Waals surface area contributed by atoms with E-state index in [0.717, 1.165) is 6.08 Å². The van der Waals surface area contributed by atoms with Crippen LogP contribution in [0.3, 0.4) is 0 Å². The van der Waals surface area contributed by atoms with Gasteiger partial charge in [-0.1, -0.05) is 13.5 Å². The molecular weight excluding hydrogens is 180 g/mol. The molecule has 0 saturated heterocycles. The third kappa shape index (κ3) is 3.64. The molecule has 0 aromatic heterocycles. The minimum absolute atomic E-state index is 0.196. The smallest absolute Gasteiger partial charge is 0.268 e. The van der Waals surface area contributed by atoms with E-state index < -0.39 is 15.4 Å². The predicted molar refractivity (Wildman–Crippen MR) is 45.4 cm³/mol. The first-order chi connectivity index (χ1) is 5.41. The second-order valence-electron chi connectivity index (χ2n) is 2.42. The highest BCUT2D eigenvalue weighted by Gasteiger charge is 2.22. The molecule has 1 unspecified atom stereocenters. The molecular formula is C7H12O4S. The number of hydrogen-bond donors (Lipinski definition) is 1. The van der Waals surface area contributed by atoms with Gasteiger partial charge in [-0.15, -0.1) is 0 Å². The molecule has 0 aliphatic heterocycles. The Bertz CT molecular complexity index is 265. The number of carbonyl (C=O) groups is 1. The third-order valence-electron chi connectivity index (χ3n) is 1.53. The highest BCUT2D eigenvalue weighted by molar-refractivity contribution is 7.86. The number of ketones is 1. The Labute approximate surface area is 72.0 Å². The van der Waals surface area contributed by atoms with E-state index >= 15 is 0 Å². The second-order valence-corrected chi connectivity index (χ2v) is 4.12. The molecule has 70 valence electrons. The molecule has 0 spiro atoms. The Balaban J connectivity index is 4.40. The van der Waals surface area contributed by atoms with Crippen LogP contribution in [0.4, 0.5) is 0 Å². The van der Waals surface area contributed by atoms with Crippen molar-refractivity contribution in [1.82, 2.24) is 0 Å². The van der Waals surface area contributed by atoms with Gasteiger partial charge in [-0.25, -0.2) is 0 Å². The molecule has 1 atom stereocenters. The summed E-state index contributed by atoms with van der Waals surface area (Å²) in [4.78, 5) is 10.7. The van der Waals surface area contributed by atoms with Crippen LogP contribution in [-0.4, -0.2) is 24.0 Å². The van der Waals surface area contributed by atoms with Crippen molar-refractivity contribution in [2.45, 2.75) is 25.0 Å². The van der Waals surface area contributed by atoms with Crippen molar-refractivity contribution in [3.05, 3.63) is 12.7 Å². The molecule has 0 amide bonds. The maximum Gasteiger partial charge on any atom is 0.268 e. The van der Waals surface area contributed by atoms with Gasteiger partial charge in [0.1, 0.15) is 0 Å². The average Bonchev–Trinajstić information content (AvgIpc) is 1.97. The number of rotatable bonds is 5. The normalized spacial score (nSPS) is 13.8. The summed E-state index contributed by atoms with van der Waals surface area (Å²) in [5.41, 5.74) is 0. The van der Waals surface area contributed by atoms with Gasteiger partial charge >= 0.3 is 0 Å². The van der Waals surface area contributed by atoms with E-state index in [1.807, 2.05) is 0 Å². The zero-order valence-corrected chi connectivity index (χ0v) is 7.67. The Kier molecular flexibility index (Phi) is 4.12. The largest absolute Gasteiger partial charge is 0.295 e. The van der Waals surface area contributed by atoms with E-state index in [4.69, 9.17) is 4.55 Å². The fraction of sp³-hybridized carbons (Fsp3) is 0.571. The first-order valence-electron chi connectivity index (χ1n) is 3.53. The van der Waals surface area contributed by atoms with Gasteiger partial charge in [0.05, 0.1) is 5.25 Å². The lowest BCUT2D eigenvalue weighted by atomic mass is 10.2. The van der Waals surface area contributed by atoms with Crippen molar-refractivity contribution >= 4 is 15.9 Å². The van der Waals surface area contributed by atoms with Crippen LogP contribution < -0.4 is 0 Å². The first kappa shape index (κ1) is 11.3.